The average Bonchev–Trinajstić information content (AvgIpc) is 2.69. The maximum atomic E-state index is 12.3. The van der Waals surface area contributed by atoms with Crippen molar-refractivity contribution < 1.29 is 9.59 Å². The molecular weight excluding hydrogens is 250 g/mol. The van der Waals surface area contributed by atoms with E-state index in [1.54, 1.807) is 6.08 Å². The molecule has 1 aliphatic carbocycles. The summed E-state index contributed by atoms with van der Waals surface area (Å²) in [5.74, 6) is -0.0865. The summed E-state index contributed by atoms with van der Waals surface area (Å²) >= 11 is 0. The minimum atomic E-state index is -0.0694. The number of carbonyl (C=O) groups is 2. The second kappa shape index (κ2) is 5.87. The molecule has 1 N–H and O–H groups in total. The standard InChI is InChI=1S/C17H19NO2/c1-11-6-7-14-10-12(2)16(15(14)9-11)17(20)18-8-4-5-13(3)19/h4-7,9H,8,10H2,1-3H3,(H,18,20)/b5-4+. The first-order chi connectivity index (χ1) is 9.49. The molecule has 0 radical (unpaired) electrons. The second-order valence-corrected chi connectivity index (χ2v) is 5.22. The zero-order valence-corrected chi connectivity index (χ0v) is 12.1. The van der Waals surface area contributed by atoms with Crippen molar-refractivity contribution in [2.45, 2.75) is 27.2 Å². The van der Waals surface area contributed by atoms with Crippen LogP contribution in [0.15, 0.2) is 35.9 Å². The molecule has 0 aromatic heterocycles. The molecule has 2 rings (SSSR count). The molecule has 104 valence electrons. The number of carbonyl (C=O) groups excluding carboxylic acids is 2. The molecule has 1 aliphatic rings. The normalized spacial score (nSPS) is 13.8. The van der Waals surface area contributed by atoms with E-state index < -0.39 is 0 Å². The van der Waals surface area contributed by atoms with Crippen molar-refractivity contribution in [2.24, 2.45) is 0 Å². The number of fused-ring (bicyclic) bond motifs is 1. The zero-order chi connectivity index (χ0) is 14.7. The Hall–Kier alpha value is -2.16. The van der Waals surface area contributed by atoms with Crippen LogP contribution in [0.4, 0.5) is 0 Å². The summed E-state index contributed by atoms with van der Waals surface area (Å²) in [6.45, 7) is 5.88. The number of benzene rings is 1. The van der Waals surface area contributed by atoms with Crippen molar-refractivity contribution in [3.8, 4) is 0 Å². The number of amides is 1. The van der Waals surface area contributed by atoms with Gasteiger partial charge in [-0.3, -0.25) is 9.59 Å². The summed E-state index contributed by atoms with van der Waals surface area (Å²) in [6, 6.07) is 6.22. The quantitative estimate of drug-likeness (QED) is 0.854. The van der Waals surface area contributed by atoms with Crippen molar-refractivity contribution in [1.29, 1.82) is 0 Å². The first kappa shape index (κ1) is 14.3. The van der Waals surface area contributed by atoms with Gasteiger partial charge in [0, 0.05) is 12.1 Å². The molecule has 1 aromatic rings. The van der Waals surface area contributed by atoms with E-state index >= 15 is 0 Å². The van der Waals surface area contributed by atoms with Crippen molar-refractivity contribution in [3.63, 3.8) is 0 Å². The van der Waals surface area contributed by atoms with Gasteiger partial charge in [-0.15, -0.1) is 0 Å². The molecule has 1 amide bonds. The molecular formula is C17H19NO2. The Kier molecular flexibility index (Phi) is 4.18. The Labute approximate surface area is 119 Å². The fourth-order valence-corrected chi connectivity index (χ4v) is 2.46. The first-order valence-corrected chi connectivity index (χ1v) is 6.74. The van der Waals surface area contributed by atoms with Gasteiger partial charge < -0.3 is 5.32 Å². The molecule has 0 unspecified atom stereocenters. The van der Waals surface area contributed by atoms with E-state index in [0.717, 1.165) is 28.7 Å². The summed E-state index contributed by atoms with van der Waals surface area (Å²) in [4.78, 5) is 23.1. The number of allylic oxidation sites excluding steroid dienone is 2. The molecule has 0 spiro atoms. The third-order valence-electron chi connectivity index (χ3n) is 3.38. The summed E-state index contributed by atoms with van der Waals surface area (Å²) in [5.41, 5.74) is 5.27. The van der Waals surface area contributed by atoms with Crippen molar-refractivity contribution in [3.05, 3.63) is 52.6 Å². The minimum absolute atomic E-state index is 0.0171. The highest BCUT2D eigenvalue weighted by Crippen LogP contribution is 2.33. The van der Waals surface area contributed by atoms with Crippen LogP contribution in [0.3, 0.4) is 0 Å². The predicted octanol–water partition coefficient (Wildman–Crippen LogP) is 2.59. The van der Waals surface area contributed by atoms with Gasteiger partial charge in [0.05, 0.1) is 0 Å². The highest BCUT2D eigenvalue weighted by atomic mass is 16.1. The molecule has 0 bridgehead atoms. The lowest BCUT2D eigenvalue weighted by atomic mass is 10.0. The number of aryl methyl sites for hydroxylation is 1. The summed E-state index contributed by atoms with van der Waals surface area (Å²) < 4.78 is 0. The van der Waals surface area contributed by atoms with Crippen LogP contribution < -0.4 is 5.32 Å². The van der Waals surface area contributed by atoms with Gasteiger partial charge in [-0.1, -0.05) is 35.4 Å². The monoisotopic (exact) mass is 269 g/mol. The topological polar surface area (TPSA) is 46.2 Å². The third kappa shape index (κ3) is 3.05. The molecule has 0 fully saturated rings. The Morgan fingerprint density at radius 2 is 2.05 bits per heavy atom. The van der Waals surface area contributed by atoms with Crippen LogP contribution in [-0.2, 0) is 16.0 Å². The van der Waals surface area contributed by atoms with Crippen LogP contribution in [0, 0.1) is 6.92 Å². The van der Waals surface area contributed by atoms with E-state index in [1.165, 1.54) is 18.6 Å². The van der Waals surface area contributed by atoms with Crippen LogP contribution in [0.1, 0.15) is 30.5 Å². The van der Waals surface area contributed by atoms with Crippen molar-refractivity contribution >= 4 is 17.3 Å². The van der Waals surface area contributed by atoms with Crippen LogP contribution >= 0.6 is 0 Å². The van der Waals surface area contributed by atoms with Gasteiger partial charge in [-0.2, -0.15) is 0 Å². The van der Waals surface area contributed by atoms with Gasteiger partial charge in [0.2, 0.25) is 0 Å². The minimum Gasteiger partial charge on any atom is -0.349 e. The van der Waals surface area contributed by atoms with Crippen molar-refractivity contribution in [1.82, 2.24) is 5.32 Å². The molecule has 0 saturated carbocycles. The van der Waals surface area contributed by atoms with Gasteiger partial charge in [0.1, 0.15) is 0 Å². The third-order valence-corrected chi connectivity index (χ3v) is 3.38. The Morgan fingerprint density at radius 1 is 1.30 bits per heavy atom. The molecule has 0 heterocycles. The number of hydrogen-bond donors (Lipinski definition) is 1. The van der Waals surface area contributed by atoms with Crippen LogP contribution in [0.2, 0.25) is 0 Å². The number of ketones is 1. The van der Waals surface area contributed by atoms with Crippen LogP contribution in [0.25, 0.3) is 5.57 Å². The summed E-state index contributed by atoms with van der Waals surface area (Å²) in [7, 11) is 0. The number of nitrogens with one attached hydrogen (secondary N) is 1. The Morgan fingerprint density at radius 3 is 2.75 bits per heavy atom. The van der Waals surface area contributed by atoms with Crippen molar-refractivity contribution in [2.75, 3.05) is 6.54 Å². The van der Waals surface area contributed by atoms with Gasteiger partial charge >= 0.3 is 0 Å². The SMILES string of the molecule is CC(=O)/C=C/CNC(=O)C1=C(C)Cc2ccc(C)cc21. The number of hydrogen-bond acceptors (Lipinski definition) is 2. The van der Waals surface area contributed by atoms with E-state index in [9.17, 15) is 9.59 Å². The zero-order valence-electron chi connectivity index (χ0n) is 12.1. The molecule has 0 atom stereocenters. The maximum absolute atomic E-state index is 12.3. The van der Waals surface area contributed by atoms with Gasteiger partial charge in [-0.25, -0.2) is 0 Å². The lowest BCUT2D eigenvalue weighted by molar-refractivity contribution is -0.115. The Balaban J connectivity index is 2.13. The molecule has 1 aromatic carbocycles. The van der Waals surface area contributed by atoms with Gasteiger partial charge in [-0.05, 0) is 44.4 Å². The van der Waals surface area contributed by atoms with Crippen LogP contribution in [0.5, 0.6) is 0 Å². The lowest BCUT2D eigenvalue weighted by Crippen LogP contribution is -2.24. The van der Waals surface area contributed by atoms with E-state index in [0.29, 0.717) is 6.54 Å². The highest BCUT2D eigenvalue weighted by Gasteiger charge is 2.23. The molecule has 0 saturated heterocycles. The lowest BCUT2D eigenvalue weighted by Gasteiger charge is -2.07. The van der Waals surface area contributed by atoms with E-state index in [4.69, 9.17) is 0 Å². The molecule has 3 nitrogen and oxygen atoms in total. The predicted molar refractivity (Wildman–Crippen MR) is 80.3 cm³/mol. The van der Waals surface area contributed by atoms with Gasteiger partial charge in [0.25, 0.3) is 5.91 Å². The Bertz CT molecular complexity index is 624. The number of rotatable bonds is 4. The summed E-state index contributed by atoms with van der Waals surface area (Å²) in [6.07, 6.45) is 3.97. The largest absolute Gasteiger partial charge is 0.349 e. The van der Waals surface area contributed by atoms with Crippen LogP contribution in [-0.4, -0.2) is 18.2 Å². The van der Waals surface area contributed by atoms with E-state index in [1.807, 2.05) is 13.8 Å². The smallest absolute Gasteiger partial charge is 0.252 e. The first-order valence-electron chi connectivity index (χ1n) is 6.74. The summed E-state index contributed by atoms with van der Waals surface area (Å²) in [5, 5.41) is 2.83. The highest BCUT2D eigenvalue weighted by molar-refractivity contribution is 6.22. The van der Waals surface area contributed by atoms with Gasteiger partial charge in [0.15, 0.2) is 5.78 Å². The van der Waals surface area contributed by atoms with E-state index in [-0.39, 0.29) is 11.7 Å². The molecule has 3 heteroatoms. The van der Waals surface area contributed by atoms with E-state index in [2.05, 4.69) is 23.5 Å². The molecule has 0 aliphatic heterocycles. The fraction of sp³-hybridized carbons (Fsp3) is 0.294. The maximum Gasteiger partial charge on any atom is 0.252 e. The fourth-order valence-electron chi connectivity index (χ4n) is 2.46. The second-order valence-electron chi connectivity index (χ2n) is 5.22. The average molecular weight is 269 g/mol. The molecule has 20 heavy (non-hydrogen) atoms.